The third-order valence-corrected chi connectivity index (χ3v) is 4.53. The van der Waals surface area contributed by atoms with Gasteiger partial charge in [0, 0.05) is 30.6 Å². The number of nitrogens with zero attached hydrogens (tertiary/aromatic N) is 2. The summed E-state index contributed by atoms with van der Waals surface area (Å²) in [6.07, 6.45) is 4.16. The summed E-state index contributed by atoms with van der Waals surface area (Å²) < 4.78 is 0. The van der Waals surface area contributed by atoms with Crippen LogP contribution < -0.4 is 10.2 Å². The Hall–Kier alpha value is -1.61. The van der Waals surface area contributed by atoms with Crippen molar-refractivity contribution in [3.05, 3.63) is 35.9 Å². The summed E-state index contributed by atoms with van der Waals surface area (Å²) in [4.78, 5) is 7.42. The number of para-hydroxylation sites is 1. The van der Waals surface area contributed by atoms with Crippen molar-refractivity contribution in [1.29, 1.82) is 0 Å². The Morgan fingerprint density at radius 1 is 1.29 bits per heavy atom. The second-order valence-corrected chi connectivity index (χ2v) is 6.03. The minimum atomic E-state index is 0.862. The van der Waals surface area contributed by atoms with Crippen LogP contribution in [-0.4, -0.2) is 25.1 Å². The number of anilines is 1. The van der Waals surface area contributed by atoms with Crippen molar-refractivity contribution in [2.75, 3.05) is 25.0 Å². The highest BCUT2D eigenvalue weighted by atomic mass is 15.2. The first kappa shape index (κ1) is 14.3. The highest BCUT2D eigenvalue weighted by Gasteiger charge is 2.22. The van der Waals surface area contributed by atoms with Crippen LogP contribution in [0.2, 0.25) is 0 Å². The first-order valence-electron chi connectivity index (χ1n) is 8.10. The van der Waals surface area contributed by atoms with Crippen LogP contribution in [0.15, 0.2) is 30.3 Å². The molecule has 0 aliphatic heterocycles. The number of pyridine rings is 1. The molecule has 21 heavy (non-hydrogen) atoms. The number of hydrogen-bond donors (Lipinski definition) is 1. The van der Waals surface area contributed by atoms with Crippen LogP contribution in [-0.2, 0) is 6.54 Å². The van der Waals surface area contributed by atoms with E-state index in [1.165, 1.54) is 30.2 Å². The lowest BCUT2D eigenvalue weighted by Crippen LogP contribution is -2.34. The van der Waals surface area contributed by atoms with Gasteiger partial charge in [-0.3, -0.25) is 0 Å². The van der Waals surface area contributed by atoms with Crippen LogP contribution in [0, 0.1) is 5.92 Å². The number of benzene rings is 1. The Morgan fingerprint density at radius 2 is 2.10 bits per heavy atom. The lowest BCUT2D eigenvalue weighted by Gasteiger charge is -2.33. The van der Waals surface area contributed by atoms with Gasteiger partial charge in [0.05, 0.1) is 5.52 Å². The summed E-state index contributed by atoms with van der Waals surface area (Å²) in [6, 6.07) is 10.7. The van der Waals surface area contributed by atoms with E-state index < -0.39 is 0 Å². The van der Waals surface area contributed by atoms with Gasteiger partial charge in [0.2, 0.25) is 0 Å². The maximum atomic E-state index is 4.96. The van der Waals surface area contributed by atoms with E-state index in [1.807, 2.05) is 7.05 Å². The van der Waals surface area contributed by atoms with Crippen LogP contribution in [0.4, 0.5) is 5.82 Å². The normalized spacial score (nSPS) is 15.1. The number of aromatic nitrogens is 1. The maximum absolute atomic E-state index is 4.96. The fourth-order valence-electron chi connectivity index (χ4n) is 3.10. The highest BCUT2D eigenvalue weighted by molar-refractivity contribution is 5.81. The third-order valence-electron chi connectivity index (χ3n) is 4.53. The Morgan fingerprint density at radius 3 is 2.76 bits per heavy atom. The number of fused-ring (bicyclic) bond motifs is 1. The van der Waals surface area contributed by atoms with Crippen molar-refractivity contribution in [2.24, 2.45) is 5.92 Å². The highest BCUT2D eigenvalue weighted by Crippen LogP contribution is 2.30. The van der Waals surface area contributed by atoms with Crippen molar-refractivity contribution in [3.8, 4) is 0 Å². The molecule has 1 fully saturated rings. The van der Waals surface area contributed by atoms with Gasteiger partial charge >= 0.3 is 0 Å². The molecule has 0 atom stereocenters. The molecule has 0 bridgehead atoms. The first-order chi connectivity index (χ1) is 10.3. The summed E-state index contributed by atoms with van der Waals surface area (Å²) in [5.41, 5.74) is 2.40. The second-order valence-electron chi connectivity index (χ2n) is 6.03. The largest absolute Gasteiger partial charge is 0.356 e. The molecule has 0 unspecified atom stereocenters. The molecule has 1 saturated carbocycles. The van der Waals surface area contributed by atoms with Gasteiger partial charge in [-0.2, -0.15) is 0 Å². The first-order valence-corrected chi connectivity index (χ1v) is 8.10. The lowest BCUT2D eigenvalue weighted by atomic mass is 9.85. The molecule has 0 amide bonds. The van der Waals surface area contributed by atoms with Crippen LogP contribution in [0.1, 0.15) is 31.7 Å². The minimum absolute atomic E-state index is 0.862. The van der Waals surface area contributed by atoms with Gasteiger partial charge in [0.15, 0.2) is 0 Å². The Balaban J connectivity index is 1.97. The van der Waals surface area contributed by atoms with E-state index >= 15 is 0 Å². The zero-order valence-corrected chi connectivity index (χ0v) is 13.1. The van der Waals surface area contributed by atoms with Crippen LogP contribution in [0.5, 0.6) is 0 Å². The van der Waals surface area contributed by atoms with Crippen LogP contribution in [0.25, 0.3) is 10.9 Å². The smallest absolute Gasteiger partial charge is 0.133 e. The van der Waals surface area contributed by atoms with E-state index in [9.17, 15) is 0 Å². The summed E-state index contributed by atoms with van der Waals surface area (Å²) in [5.74, 6) is 2.03. The molecule has 3 rings (SSSR count). The molecular weight excluding hydrogens is 258 g/mol. The molecule has 1 N–H and O–H groups in total. The molecule has 1 heterocycles. The van der Waals surface area contributed by atoms with Crippen molar-refractivity contribution in [2.45, 2.75) is 32.7 Å². The zero-order chi connectivity index (χ0) is 14.7. The molecule has 3 heteroatoms. The van der Waals surface area contributed by atoms with Gasteiger partial charge in [0.1, 0.15) is 5.82 Å². The van der Waals surface area contributed by atoms with Crippen molar-refractivity contribution in [3.63, 3.8) is 0 Å². The lowest BCUT2D eigenvalue weighted by molar-refractivity contribution is 0.318. The molecule has 1 aliphatic rings. The molecule has 0 spiro atoms. The molecule has 1 aromatic carbocycles. The summed E-state index contributed by atoms with van der Waals surface area (Å²) >= 11 is 0. The van der Waals surface area contributed by atoms with Gasteiger partial charge in [-0.15, -0.1) is 0 Å². The van der Waals surface area contributed by atoms with E-state index in [0.717, 1.165) is 36.9 Å². The van der Waals surface area contributed by atoms with Crippen molar-refractivity contribution in [1.82, 2.24) is 10.3 Å². The Labute approximate surface area is 127 Å². The number of rotatable bonds is 6. The van der Waals surface area contributed by atoms with Crippen LogP contribution >= 0.6 is 0 Å². The monoisotopic (exact) mass is 283 g/mol. The fourth-order valence-corrected chi connectivity index (χ4v) is 3.10. The van der Waals surface area contributed by atoms with Gasteiger partial charge in [-0.1, -0.05) is 24.6 Å². The van der Waals surface area contributed by atoms with Crippen LogP contribution in [0.3, 0.4) is 0 Å². The van der Waals surface area contributed by atoms with E-state index in [1.54, 1.807) is 0 Å². The van der Waals surface area contributed by atoms with E-state index in [0.29, 0.717) is 0 Å². The van der Waals surface area contributed by atoms with E-state index in [4.69, 9.17) is 4.98 Å². The fraction of sp³-hybridized carbons (Fsp3) is 0.500. The third kappa shape index (κ3) is 3.03. The van der Waals surface area contributed by atoms with Crippen molar-refractivity contribution >= 4 is 16.7 Å². The van der Waals surface area contributed by atoms with Gasteiger partial charge in [0.25, 0.3) is 0 Å². The molecule has 1 aromatic heterocycles. The predicted octanol–water partition coefficient (Wildman–Crippen LogP) is 3.58. The van der Waals surface area contributed by atoms with E-state index in [-0.39, 0.29) is 0 Å². The standard InChI is InChI=1S/C18H25N3/c1-3-21(13-14-7-6-8-14)18-16(12-19-2)11-15-9-4-5-10-17(15)20-18/h4-5,9-11,14,19H,3,6-8,12-13H2,1-2H3. The average molecular weight is 283 g/mol. The number of nitrogens with one attached hydrogen (secondary N) is 1. The van der Waals surface area contributed by atoms with Gasteiger partial charge in [-0.05, 0) is 44.9 Å². The molecule has 2 aromatic rings. The molecular formula is C18H25N3. The molecule has 0 saturated heterocycles. The number of hydrogen-bond acceptors (Lipinski definition) is 3. The van der Waals surface area contributed by atoms with E-state index in [2.05, 4.69) is 47.5 Å². The van der Waals surface area contributed by atoms with Crippen molar-refractivity contribution < 1.29 is 0 Å². The predicted molar refractivity (Wildman–Crippen MR) is 89.7 cm³/mol. The summed E-state index contributed by atoms with van der Waals surface area (Å²) in [5, 5.41) is 4.51. The molecule has 1 aliphatic carbocycles. The second kappa shape index (κ2) is 6.44. The zero-order valence-electron chi connectivity index (χ0n) is 13.1. The molecule has 3 nitrogen and oxygen atoms in total. The Bertz CT molecular complexity index is 604. The quantitative estimate of drug-likeness (QED) is 0.878. The van der Waals surface area contributed by atoms with Gasteiger partial charge < -0.3 is 10.2 Å². The Kier molecular flexibility index (Phi) is 4.39. The molecule has 112 valence electrons. The summed E-state index contributed by atoms with van der Waals surface area (Å²) in [6.45, 7) is 5.28. The SMILES string of the molecule is CCN(CC1CCC1)c1nc2ccccc2cc1CNC. The topological polar surface area (TPSA) is 28.2 Å². The summed E-state index contributed by atoms with van der Waals surface area (Å²) in [7, 11) is 2.00. The molecule has 0 radical (unpaired) electrons. The maximum Gasteiger partial charge on any atom is 0.133 e. The minimum Gasteiger partial charge on any atom is -0.356 e. The average Bonchev–Trinajstić information content (AvgIpc) is 2.46. The van der Waals surface area contributed by atoms with Gasteiger partial charge in [-0.25, -0.2) is 4.98 Å².